The monoisotopic (exact) mass is 445 g/mol. The summed E-state index contributed by atoms with van der Waals surface area (Å²) in [5.74, 6) is 3.24. The van der Waals surface area contributed by atoms with Crippen LogP contribution in [0.3, 0.4) is 0 Å². The molecule has 0 amide bonds. The quantitative estimate of drug-likeness (QED) is 0.350. The van der Waals surface area contributed by atoms with Crippen LogP contribution in [-0.4, -0.2) is 34.2 Å². The number of fused-ring (bicyclic) bond motifs is 2. The maximum Gasteiger partial charge on any atom is 0.148 e. The summed E-state index contributed by atoms with van der Waals surface area (Å²) in [5, 5.41) is 4.78. The Balaban J connectivity index is 1.60. The van der Waals surface area contributed by atoms with Gasteiger partial charge >= 0.3 is 0 Å². The number of para-hydroxylation sites is 2. The van der Waals surface area contributed by atoms with Gasteiger partial charge in [-0.05, 0) is 43.3 Å². The van der Waals surface area contributed by atoms with Gasteiger partial charge in [-0.15, -0.1) is 0 Å². The van der Waals surface area contributed by atoms with Crippen molar-refractivity contribution in [3.05, 3.63) is 65.4 Å². The van der Waals surface area contributed by atoms with Crippen molar-refractivity contribution >= 4 is 45.0 Å². The van der Waals surface area contributed by atoms with Crippen molar-refractivity contribution < 1.29 is 9.47 Å². The molecule has 2 heterocycles. The lowest BCUT2D eigenvalue weighted by molar-refractivity contribution is 0.397. The van der Waals surface area contributed by atoms with E-state index in [0.29, 0.717) is 39.5 Å². The first kappa shape index (κ1) is 20.1. The van der Waals surface area contributed by atoms with E-state index in [-0.39, 0.29) is 0 Å². The number of nitrogens with zero attached hydrogens (tertiary/aromatic N) is 3. The van der Waals surface area contributed by atoms with E-state index >= 15 is 0 Å². The van der Waals surface area contributed by atoms with Crippen molar-refractivity contribution in [1.82, 2.24) is 19.9 Å². The molecule has 5 aromatic rings. The largest absolute Gasteiger partial charge is 0.497 e. The van der Waals surface area contributed by atoms with Gasteiger partial charge in [0, 0.05) is 17.3 Å². The van der Waals surface area contributed by atoms with Gasteiger partial charge in [0.25, 0.3) is 0 Å². The van der Waals surface area contributed by atoms with Crippen LogP contribution < -0.4 is 14.8 Å². The van der Waals surface area contributed by atoms with Crippen molar-refractivity contribution in [1.29, 1.82) is 0 Å². The third-order valence-electron chi connectivity index (χ3n) is 5.18. The second kappa shape index (κ2) is 8.01. The van der Waals surface area contributed by atoms with E-state index in [9.17, 15) is 0 Å². The van der Waals surface area contributed by atoms with Crippen LogP contribution in [0.1, 0.15) is 5.82 Å². The highest BCUT2D eigenvalue weighted by Gasteiger charge is 2.15. The molecule has 0 aliphatic carbocycles. The first-order valence-electron chi connectivity index (χ1n) is 9.98. The molecule has 0 aliphatic heterocycles. The molecule has 0 unspecified atom stereocenters. The second-order valence-electron chi connectivity index (χ2n) is 7.27. The lowest BCUT2D eigenvalue weighted by Crippen LogP contribution is -2.01. The second-order valence-corrected chi connectivity index (χ2v) is 7.67. The van der Waals surface area contributed by atoms with E-state index in [1.807, 2.05) is 55.5 Å². The number of halogens is 1. The summed E-state index contributed by atoms with van der Waals surface area (Å²) in [4.78, 5) is 17.2. The van der Waals surface area contributed by atoms with Crippen LogP contribution in [0.25, 0.3) is 33.3 Å². The number of aromatic nitrogens is 4. The molecule has 2 aromatic heterocycles. The average molecular weight is 446 g/mol. The molecule has 3 aromatic carbocycles. The van der Waals surface area contributed by atoms with E-state index in [2.05, 4.69) is 25.3 Å². The number of imidazole rings is 1. The first-order chi connectivity index (χ1) is 15.6. The lowest BCUT2D eigenvalue weighted by Gasteiger charge is -2.14. The maximum atomic E-state index is 6.51. The fourth-order valence-corrected chi connectivity index (χ4v) is 3.86. The SMILES string of the molecule is COc1cc(OC)c2nc(C)nc(Nc3ccc(Cl)c(-c4nc5ccccc5[nH]4)c3)c2c1. The summed E-state index contributed by atoms with van der Waals surface area (Å²) >= 11 is 6.51. The van der Waals surface area contributed by atoms with Crippen molar-refractivity contribution in [3.63, 3.8) is 0 Å². The zero-order valence-corrected chi connectivity index (χ0v) is 18.5. The molecule has 7 nitrogen and oxygen atoms in total. The van der Waals surface area contributed by atoms with Crippen LogP contribution in [0.5, 0.6) is 11.5 Å². The Bertz CT molecular complexity index is 1430. The lowest BCUT2D eigenvalue weighted by atomic mass is 10.1. The third kappa shape index (κ3) is 3.56. The van der Waals surface area contributed by atoms with E-state index in [0.717, 1.165) is 27.7 Å². The Morgan fingerprint density at radius 2 is 1.78 bits per heavy atom. The predicted octanol–water partition coefficient (Wildman–Crippen LogP) is 5.90. The van der Waals surface area contributed by atoms with Gasteiger partial charge in [0.15, 0.2) is 0 Å². The summed E-state index contributed by atoms with van der Waals surface area (Å²) < 4.78 is 11.0. The fraction of sp³-hybridized carbons (Fsp3) is 0.125. The Morgan fingerprint density at radius 1 is 0.938 bits per heavy atom. The summed E-state index contributed by atoms with van der Waals surface area (Å²) in [6.07, 6.45) is 0. The van der Waals surface area contributed by atoms with E-state index < -0.39 is 0 Å². The van der Waals surface area contributed by atoms with Gasteiger partial charge in [-0.3, -0.25) is 0 Å². The summed E-state index contributed by atoms with van der Waals surface area (Å²) in [6, 6.07) is 17.2. The zero-order chi connectivity index (χ0) is 22.2. The molecule has 2 N–H and O–H groups in total. The molecule has 0 aliphatic rings. The van der Waals surface area contributed by atoms with Crippen LogP contribution in [-0.2, 0) is 0 Å². The molecular formula is C24H20ClN5O2. The summed E-state index contributed by atoms with van der Waals surface area (Å²) in [7, 11) is 3.22. The molecule has 160 valence electrons. The minimum absolute atomic E-state index is 0.599. The third-order valence-corrected chi connectivity index (χ3v) is 5.51. The van der Waals surface area contributed by atoms with Crippen molar-refractivity contribution in [3.8, 4) is 22.9 Å². The van der Waals surface area contributed by atoms with E-state index in [1.54, 1.807) is 20.3 Å². The highest BCUT2D eigenvalue weighted by molar-refractivity contribution is 6.33. The highest BCUT2D eigenvalue weighted by Crippen LogP contribution is 2.36. The first-order valence-corrected chi connectivity index (χ1v) is 10.4. The van der Waals surface area contributed by atoms with E-state index in [4.69, 9.17) is 21.1 Å². The standard InChI is InChI=1S/C24H20ClN5O2/c1-13-26-22-17(11-15(31-2)12-21(22)32-3)24(27-13)28-14-8-9-18(25)16(10-14)23-29-19-6-4-5-7-20(19)30-23/h4-12H,1-3H3,(H,29,30)(H,26,27,28). The Hall–Kier alpha value is -3.84. The number of hydrogen-bond donors (Lipinski definition) is 2. The van der Waals surface area contributed by atoms with Gasteiger partial charge in [-0.1, -0.05) is 23.7 Å². The topological polar surface area (TPSA) is 84.9 Å². The molecule has 8 heteroatoms. The van der Waals surface area contributed by atoms with Crippen LogP contribution in [0, 0.1) is 6.92 Å². The Morgan fingerprint density at radius 3 is 2.56 bits per heavy atom. The van der Waals surface area contributed by atoms with Gasteiger partial charge in [0.2, 0.25) is 0 Å². The van der Waals surface area contributed by atoms with Crippen molar-refractivity contribution in [2.24, 2.45) is 0 Å². The normalized spacial score (nSPS) is 11.1. The maximum absolute atomic E-state index is 6.51. The Kier molecular flexibility index (Phi) is 5.03. The number of nitrogens with one attached hydrogen (secondary N) is 2. The van der Waals surface area contributed by atoms with Crippen LogP contribution >= 0.6 is 11.6 Å². The van der Waals surface area contributed by atoms with Gasteiger partial charge in [-0.2, -0.15) is 0 Å². The van der Waals surface area contributed by atoms with Gasteiger partial charge in [0.05, 0.1) is 35.7 Å². The number of methoxy groups -OCH3 is 2. The number of aromatic amines is 1. The number of benzene rings is 3. The molecule has 0 bridgehead atoms. The number of aryl methyl sites for hydroxylation is 1. The van der Waals surface area contributed by atoms with Gasteiger partial charge in [0.1, 0.15) is 34.5 Å². The zero-order valence-electron chi connectivity index (χ0n) is 17.7. The average Bonchev–Trinajstić information content (AvgIpc) is 3.23. The summed E-state index contributed by atoms with van der Waals surface area (Å²) in [6.45, 7) is 1.84. The summed E-state index contributed by atoms with van der Waals surface area (Å²) in [5.41, 5.74) is 4.14. The minimum atomic E-state index is 0.599. The highest BCUT2D eigenvalue weighted by atomic mass is 35.5. The molecule has 32 heavy (non-hydrogen) atoms. The predicted molar refractivity (Wildman–Crippen MR) is 127 cm³/mol. The molecule has 0 saturated heterocycles. The smallest absolute Gasteiger partial charge is 0.148 e. The fourth-order valence-electron chi connectivity index (χ4n) is 3.66. The molecule has 0 atom stereocenters. The van der Waals surface area contributed by atoms with Crippen molar-refractivity contribution in [2.75, 3.05) is 19.5 Å². The molecule has 0 fully saturated rings. The number of H-pyrrole nitrogens is 1. The van der Waals surface area contributed by atoms with Crippen LogP contribution in [0.4, 0.5) is 11.5 Å². The molecule has 0 spiro atoms. The number of anilines is 2. The number of rotatable bonds is 5. The molecular weight excluding hydrogens is 426 g/mol. The molecule has 0 radical (unpaired) electrons. The molecule has 0 saturated carbocycles. The minimum Gasteiger partial charge on any atom is -0.497 e. The van der Waals surface area contributed by atoms with Crippen molar-refractivity contribution in [2.45, 2.75) is 6.92 Å². The van der Waals surface area contributed by atoms with E-state index in [1.165, 1.54) is 0 Å². The van der Waals surface area contributed by atoms with Gasteiger partial charge < -0.3 is 19.8 Å². The Labute approximate surface area is 189 Å². The van der Waals surface area contributed by atoms with Crippen LogP contribution in [0.15, 0.2) is 54.6 Å². The van der Waals surface area contributed by atoms with Gasteiger partial charge in [-0.25, -0.2) is 15.0 Å². The molecule has 5 rings (SSSR count). The van der Waals surface area contributed by atoms with Crippen LogP contribution in [0.2, 0.25) is 5.02 Å². The number of hydrogen-bond acceptors (Lipinski definition) is 6. The number of ether oxygens (including phenoxy) is 2.